The number of halogens is 1. The summed E-state index contributed by atoms with van der Waals surface area (Å²) in [6.45, 7) is 11.8. The van der Waals surface area contributed by atoms with Gasteiger partial charge in [0.25, 0.3) is 0 Å². The van der Waals surface area contributed by atoms with E-state index < -0.39 is 15.3 Å². The zero-order valence-electron chi connectivity index (χ0n) is 18.8. The molecule has 1 fully saturated rings. The van der Waals surface area contributed by atoms with Gasteiger partial charge in [-0.15, -0.1) is 0 Å². The number of nitrogens with zero attached hydrogens (tertiary/aromatic N) is 2. The third kappa shape index (κ3) is 7.00. The van der Waals surface area contributed by atoms with Gasteiger partial charge in [0.1, 0.15) is 0 Å². The monoisotopic (exact) mass is 477 g/mol. The van der Waals surface area contributed by atoms with Crippen LogP contribution < -0.4 is 4.72 Å². The summed E-state index contributed by atoms with van der Waals surface area (Å²) in [6.07, 6.45) is 8.28. The summed E-state index contributed by atoms with van der Waals surface area (Å²) in [7, 11) is -3.39. The van der Waals surface area contributed by atoms with Gasteiger partial charge < -0.3 is 9.47 Å². The minimum absolute atomic E-state index is 0.0595. The summed E-state index contributed by atoms with van der Waals surface area (Å²) in [6, 6.07) is 7.70. The molecule has 174 valence electrons. The second kappa shape index (κ2) is 11.9. The Morgan fingerprint density at radius 3 is 2.47 bits per heavy atom. The number of amides is 1. The van der Waals surface area contributed by atoms with E-state index in [1.807, 2.05) is 35.0 Å². The molecule has 1 N–H and O–H groups in total. The number of aryl methyl sites for hydroxylation is 1. The van der Waals surface area contributed by atoms with E-state index in [-0.39, 0.29) is 5.91 Å². The maximum absolute atomic E-state index is 12.6. The SMILES string of the molecule is C/C=C(\C)NS(=O)(=O)C1CCN(C(=O)CCn2ccc3cc(Cl)ccc32)CC1.C=CC=C. The number of allylic oxidation sites excluding steroid dienone is 4. The molecule has 3 rings (SSSR count). The molecule has 1 aromatic carbocycles. The van der Waals surface area contributed by atoms with Crippen LogP contribution in [0.3, 0.4) is 0 Å². The van der Waals surface area contributed by atoms with E-state index in [1.54, 1.807) is 37.0 Å². The van der Waals surface area contributed by atoms with E-state index in [0.29, 0.717) is 49.6 Å². The molecule has 32 heavy (non-hydrogen) atoms. The summed E-state index contributed by atoms with van der Waals surface area (Å²) in [5.74, 6) is 0.0595. The van der Waals surface area contributed by atoms with Gasteiger partial charge in [0.2, 0.25) is 15.9 Å². The van der Waals surface area contributed by atoms with Gasteiger partial charge in [-0.05, 0) is 51.0 Å². The smallest absolute Gasteiger partial charge is 0.235 e. The highest BCUT2D eigenvalue weighted by atomic mass is 35.5. The number of aromatic nitrogens is 1. The van der Waals surface area contributed by atoms with Gasteiger partial charge in [-0.3, -0.25) is 9.52 Å². The molecule has 0 spiro atoms. The Morgan fingerprint density at radius 1 is 1.22 bits per heavy atom. The van der Waals surface area contributed by atoms with Gasteiger partial charge in [-0.1, -0.05) is 43.0 Å². The number of rotatable bonds is 7. The Balaban J connectivity index is 0.000000837. The number of benzene rings is 1. The predicted octanol–water partition coefficient (Wildman–Crippen LogP) is 4.88. The molecule has 1 aliphatic heterocycles. The molecular formula is C24H32ClN3O3S. The van der Waals surface area contributed by atoms with Crippen LogP contribution in [-0.4, -0.2) is 42.1 Å². The van der Waals surface area contributed by atoms with Crippen LogP contribution in [0.15, 0.2) is 67.5 Å². The van der Waals surface area contributed by atoms with Gasteiger partial charge in [0.15, 0.2) is 0 Å². The minimum Gasteiger partial charge on any atom is -0.347 e. The predicted molar refractivity (Wildman–Crippen MR) is 133 cm³/mol. The number of piperidine rings is 1. The van der Waals surface area contributed by atoms with Crippen molar-refractivity contribution in [3.8, 4) is 0 Å². The number of carbonyl (C=O) groups is 1. The van der Waals surface area contributed by atoms with Crippen molar-refractivity contribution >= 4 is 38.4 Å². The average molecular weight is 478 g/mol. The molecule has 1 aromatic heterocycles. The first-order valence-corrected chi connectivity index (χ1v) is 12.5. The van der Waals surface area contributed by atoms with Gasteiger partial charge >= 0.3 is 0 Å². The van der Waals surface area contributed by atoms with E-state index in [9.17, 15) is 13.2 Å². The first-order chi connectivity index (χ1) is 15.2. The summed E-state index contributed by atoms with van der Waals surface area (Å²) in [5.41, 5.74) is 1.67. The zero-order chi connectivity index (χ0) is 23.7. The summed E-state index contributed by atoms with van der Waals surface area (Å²) >= 11 is 6.02. The standard InChI is InChI=1S/C20H26ClN3O3S.C4H6/c1-3-15(2)22-28(26,27)18-7-11-24(12-8-18)20(25)9-13-23-10-6-16-14-17(21)4-5-19(16)23;1-3-4-2/h3-6,10,14,18,22H,7-9,11-13H2,1-2H3;3-4H,1-2H2/b15-3+;. The van der Waals surface area contributed by atoms with Crippen LogP contribution in [0.5, 0.6) is 0 Å². The molecule has 2 heterocycles. The van der Waals surface area contributed by atoms with Crippen molar-refractivity contribution in [3.63, 3.8) is 0 Å². The molecule has 0 unspecified atom stereocenters. The van der Waals surface area contributed by atoms with Crippen LogP contribution >= 0.6 is 11.6 Å². The second-order valence-electron chi connectivity index (χ2n) is 7.63. The Hall–Kier alpha value is -2.51. The van der Waals surface area contributed by atoms with Gasteiger partial charge in [-0.25, -0.2) is 8.42 Å². The molecule has 0 saturated carbocycles. The number of hydrogen-bond acceptors (Lipinski definition) is 3. The molecule has 2 aromatic rings. The number of likely N-dealkylation sites (tertiary alicyclic amines) is 1. The lowest BCUT2D eigenvalue weighted by Gasteiger charge is -2.32. The lowest BCUT2D eigenvalue weighted by atomic mass is 10.1. The topological polar surface area (TPSA) is 71.4 Å². The van der Waals surface area contributed by atoms with Crippen LogP contribution in [0.4, 0.5) is 0 Å². The molecule has 6 nitrogen and oxygen atoms in total. The van der Waals surface area contributed by atoms with Crippen LogP contribution in [0.1, 0.15) is 33.1 Å². The van der Waals surface area contributed by atoms with Gasteiger partial charge in [-0.2, -0.15) is 0 Å². The molecule has 8 heteroatoms. The summed E-state index contributed by atoms with van der Waals surface area (Å²) < 4.78 is 29.4. The maximum atomic E-state index is 12.6. The van der Waals surface area contributed by atoms with E-state index >= 15 is 0 Å². The van der Waals surface area contributed by atoms with Crippen molar-refractivity contribution in [1.82, 2.24) is 14.2 Å². The third-order valence-electron chi connectivity index (χ3n) is 5.44. The van der Waals surface area contributed by atoms with E-state index in [2.05, 4.69) is 17.9 Å². The highest BCUT2D eigenvalue weighted by Gasteiger charge is 2.31. The molecule has 0 bridgehead atoms. The number of sulfonamides is 1. The fourth-order valence-electron chi connectivity index (χ4n) is 3.52. The van der Waals surface area contributed by atoms with Crippen molar-refractivity contribution in [1.29, 1.82) is 0 Å². The van der Waals surface area contributed by atoms with Crippen LogP contribution in [-0.2, 0) is 21.4 Å². The fraction of sp³-hybridized carbons (Fsp3) is 0.375. The van der Waals surface area contributed by atoms with Crippen molar-refractivity contribution in [2.75, 3.05) is 13.1 Å². The van der Waals surface area contributed by atoms with Crippen molar-refractivity contribution in [2.24, 2.45) is 0 Å². The van der Waals surface area contributed by atoms with Crippen LogP contribution in [0.25, 0.3) is 10.9 Å². The highest BCUT2D eigenvalue weighted by molar-refractivity contribution is 7.90. The van der Waals surface area contributed by atoms with E-state index in [0.717, 1.165) is 10.9 Å². The summed E-state index contributed by atoms with van der Waals surface area (Å²) in [4.78, 5) is 14.4. The summed E-state index contributed by atoms with van der Waals surface area (Å²) in [5, 5.41) is 1.29. The highest BCUT2D eigenvalue weighted by Crippen LogP contribution is 2.22. The average Bonchev–Trinajstić information content (AvgIpc) is 3.19. The zero-order valence-corrected chi connectivity index (χ0v) is 20.3. The van der Waals surface area contributed by atoms with Gasteiger partial charge in [0, 0.05) is 53.9 Å². The molecule has 1 saturated heterocycles. The molecule has 0 atom stereocenters. The molecule has 0 radical (unpaired) electrons. The van der Waals surface area contributed by atoms with Gasteiger partial charge in [0.05, 0.1) is 5.25 Å². The number of fused-ring (bicyclic) bond motifs is 1. The van der Waals surface area contributed by atoms with Crippen LogP contribution in [0.2, 0.25) is 5.02 Å². The lowest BCUT2D eigenvalue weighted by molar-refractivity contribution is -0.132. The van der Waals surface area contributed by atoms with Crippen molar-refractivity contribution in [2.45, 2.75) is 44.9 Å². The van der Waals surface area contributed by atoms with E-state index in [4.69, 9.17) is 11.6 Å². The van der Waals surface area contributed by atoms with Crippen LogP contribution in [0, 0.1) is 0 Å². The molecular weight excluding hydrogens is 446 g/mol. The first kappa shape index (κ1) is 25.7. The van der Waals surface area contributed by atoms with Crippen molar-refractivity contribution in [3.05, 3.63) is 72.6 Å². The Labute approximate surface area is 196 Å². The molecule has 0 aliphatic carbocycles. The normalized spacial score (nSPS) is 15.1. The number of hydrogen-bond donors (Lipinski definition) is 1. The quantitative estimate of drug-likeness (QED) is 0.578. The maximum Gasteiger partial charge on any atom is 0.235 e. The van der Waals surface area contributed by atoms with E-state index in [1.165, 1.54) is 0 Å². The second-order valence-corrected chi connectivity index (χ2v) is 10.0. The Bertz CT molecular complexity index is 1080. The lowest BCUT2D eigenvalue weighted by Crippen LogP contribution is -2.45. The van der Waals surface area contributed by atoms with Crippen molar-refractivity contribution < 1.29 is 13.2 Å². The number of nitrogens with one attached hydrogen (secondary N) is 1. The Morgan fingerprint density at radius 2 is 1.88 bits per heavy atom. The third-order valence-corrected chi connectivity index (χ3v) is 7.63. The largest absolute Gasteiger partial charge is 0.347 e. The first-order valence-electron chi connectivity index (χ1n) is 10.6. The minimum atomic E-state index is -3.39. The Kier molecular flexibility index (Phi) is 9.60. The fourth-order valence-corrected chi connectivity index (χ4v) is 5.27. The number of carbonyl (C=O) groups excluding carboxylic acids is 1. The molecule has 1 amide bonds. The molecule has 1 aliphatic rings.